The number of hydrogen-bond acceptors (Lipinski definition) is 4. The number of carbonyl (C=O) groups is 1. The summed E-state index contributed by atoms with van der Waals surface area (Å²) < 4.78 is 34.1. The van der Waals surface area contributed by atoms with Crippen LogP contribution in [0.4, 0.5) is 4.79 Å². The third-order valence-electron chi connectivity index (χ3n) is 4.50. The third kappa shape index (κ3) is 4.36. The van der Waals surface area contributed by atoms with Crippen LogP contribution in [0.25, 0.3) is 5.57 Å². The lowest BCUT2D eigenvalue weighted by Crippen LogP contribution is -2.35. The van der Waals surface area contributed by atoms with Crippen molar-refractivity contribution in [2.45, 2.75) is 44.6 Å². The maximum Gasteiger partial charge on any atom is 0.418 e. The van der Waals surface area contributed by atoms with Gasteiger partial charge in [0, 0.05) is 19.3 Å². The van der Waals surface area contributed by atoms with E-state index in [0.717, 1.165) is 16.8 Å². The van der Waals surface area contributed by atoms with Gasteiger partial charge in [0.25, 0.3) is 0 Å². The van der Waals surface area contributed by atoms with Crippen molar-refractivity contribution in [2.24, 2.45) is 0 Å². The van der Waals surface area contributed by atoms with Crippen molar-refractivity contribution in [1.82, 2.24) is 8.87 Å². The second-order valence-corrected chi connectivity index (χ2v) is 9.84. The topological polar surface area (TPSA) is 68.6 Å². The van der Waals surface area contributed by atoms with Crippen LogP contribution in [0.2, 0.25) is 0 Å². The first kappa shape index (κ1) is 20.4. The number of ether oxygens (including phenoxy) is 1. The van der Waals surface area contributed by atoms with Crippen LogP contribution < -0.4 is 0 Å². The molecule has 2 aromatic rings. The van der Waals surface area contributed by atoms with Crippen LogP contribution in [-0.2, 0) is 14.8 Å². The Morgan fingerprint density at radius 2 is 1.79 bits per heavy atom. The zero-order chi connectivity index (χ0) is 20.5. The van der Waals surface area contributed by atoms with Crippen molar-refractivity contribution in [3.63, 3.8) is 0 Å². The summed E-state index contributed by atoms with van der Waals surface area (Å²) in [6.45, 7) is 8.02. The lowest BCUT2D eigenvalue weighted by atomic mass is 10.1. The minimum atomic E-state index is -3.53. The van der Waals surface area contributed by atoms with Gasteiger partial charge in [-0.15, -0.1) is 0 Å². The Kier molecular flexibility index (Phi) is 5.50. The molecule has 1 aliphatic rings. The van der Waals surface area contributed by atoms with E-state index >= 15 is 0 Å². The molecule has 6 nitrogen and oxygen atoms in total. The van der Waals surface area contributed by atoms with E-state index in [4.69, 9.17) is 4.74 Å². The largest absolute Gasteiger partial charge is 0.443 e. The summed E-state index contributed by atoms with van der Waals surface area (Å²) in [5.41, 5.74) is 2.11. The van der Waals surface area contributed by atoms with Crippen LogP contribution in [0.3, 0.4) is 0 Å². The number of aromatic nitrogens is 1. The van der Waals surface area contributed by atoms with Gasteiger partial charge < -0.3 is 4.74 Å². The van der Waals surface area contributed by atoms with E-state index < -0.39 is 21.7 Å². The molecule has 0 fully saturated rings. The van der Waals surface area contributed by atoms with E-state index in [-0.39, 0.29) is 6.54 Å². The number of hydrogen-bond donors (Lipinski definition) is 0. The van der Waals surface area contributed by atoms with Crippen LogP contribution >= 0.6 is 0 Å². The highest BCUT2D eigenvalue weighted by Crippen LogP contribution is 2.27. The molecule has 0 N–H and O–H groups in total. The SMILES string of the molecule is Cc1ccc(S(=O)(=O)N2CC=C(c3cccn3C(=O)OC(C)(C)C)CC2)cc1. The van der Waals surface area contributed by atoms with Gasteiger partial charge in [0.05, 0.1) is 10.6 Å². The lowest BCUT2D eigenvalue weighted by Gasteiger charge is -2.26. The number of sulfonamides is 1. The van der Waals surface area contributed by atoms with Crippen LogP contribution in [0.15, 0.2) is 53.6 Å². The van der Waals surface area contributed by atoms with Crippen LogP contribution in [0.1, 0.15) is 38.4 Å². The van der Waals surface area contributed by atoms with E-state index in [1.807, 2.05) is 39.8 Å². The van der Waals surface area contributed by atoms with E-state index in [1.54, 1.807) is 36.5 Å². The molecular formula is C21H26N2O4S. The Morgan fingerprint density at radius 1 is 1.11 bits per heavy atom. The second kappa shape index (κ2) is 7.56. The van der Waals surface area contributed by atoms with Crippen LogP contribution in [-0.4, -0.2) is 42.1 Å². The van der Waals surface area contributed by atoms with Gasteiger partial charge in [-0.1, -0.05) is 23.8 Å². The van der Waals surface area contributed by atoms with Crippen molar-refractivity contribution in [1.29, 1.82) is 0 Å². The molecule has 0 aliphatic carbocycles. The van der Waals surface area contributed by atoms with Crippen molar-refractivity contribution >= 4 is 21.7 Å². The van der Waals surface area contributed by atoms with Crippen molar-refractivity contribution < 1.29 is 17.9 Å². The average molecular weight is 403 g/mol. The highest BCUT2D eigenvalue weighted by molar-refractivity contribution is 7.89. The van der Waals surface area contributed by atoms with Crippen molar-refractivity contribution in [3.05, 3.63) is 59.9 Å². The van der Waals surface area contributed by atoms with Crippen LogP contribution in [0, 0.1) is 6.92 Å². The zero-order valence-corrected chi connectivity index (χ0v) is 17.5. The molecule has 7 heteroatoms. The minimum Gasteiger partial charge on any atom is -0.443 e. The Morgan fingerprint density at radius 3 is 2.36 bits per heavy atom. The Hall–Kier alpha value is -2.38. The quantitative estimate of drug-likeness (QED) is 0.776. The monoisotopic (exact) mass is 402 g/mol. The van der Waals surface area contributed by atoms with Gasteiger partial charge in [-0.25, -0.2) is 13.2 Å². The molecule has 0 saturated carbocycles. The molecule has 3 rings (SSSR count). The molecule has 1 aliphatic heterocycles. The fourth-order valence-electron chi connectivity index (χ4n) is 3.07. The number of carbonyl (C=O) groups excluding carboxylic acids is 1. The second-order valence-electron chi connectivity index (χ2n) is 7.90. The maximum absolute atomic E-state index is 12.8. The molecule has 2 heterocycles. The smallest absolute Gasteiger partial charge is 0.418 e. The molecule has 0 spiro atoms. The molecule has 0 atom stereocenters. The molecule has 1 aromatic carbocycles. The number of nitrogens with zero attached hydrogens (tertiary/aromatic N) is 2. The van der Waals surface area contributed by atoms with Gasteiger partial charge in [-0.3, -0.25) is 4.57 Å². The Balaban J connectivity index is 1.79. The Labute approximate surface area is 166 Å². The lowest BCUT2D eigenvalue weighted by molar-refractivity contribution is 0.0536. The van der Waals surface area contributed by atoms with Gasteiger partial charge in [0.2, 0.25) is 10.0 Å². The predicted octanol–water partition coefficient (Wildman–Crippen LogP) is 4.06. The summed E-state index contributed by atoms with van der Waals surface area (Å²) in [5, 5.41) is 0. The standard InChI is InChI=1S/C21H26N2O4S/c1-16-7-9-18(10-8-16)28(25,26)22-14-11-17(12-15-22)19-6-5-13-23(19)20(24)27-21(2,3)4/h5-11,13H,12,14-15H2,1-4H3. The van der Waals surface area contributed by atoms with Gasteiger partial charge in [-0.05, 0) is 64.0 Å². The third-order valence-corrected chi connectivity index (χ3v) is 6.38. The molecule has 1 aromatic heterocycles. The van der Waals surface area contributed by atoms with E-state index in [2.05, 4.69) is 0 Å². The molecule has 0 radical (unpaired) electrons. The van der Waals surface area contributed by atoms with Crippen molar-refractivity contribution in [3.8, 4) is 0 Å². The summed E-state index contributed by atoms with van der Waals surface area (Å²) >= 11 is 0. The average Bonchev–Trinajstić information content (AvgIpc) is 3.11. The van der Waals surface area contributed by atoms with Gasteiger partial charge in [-0.2, -0.15) is 4.31 Å². The van der Waals surface area contributed by atoms with Gasteiger partial charge >= 0.3 is 6.09 Å². The zero-order valence-electron chi connectivity index (χ0n) is 16.7. The first-order valence-electron chi connectivity index (χ1n) is 9.25. The molecule has 0 amide bonds. The van der Waals surface area contributed by atoms with Crippen LogP contribution in [0.5, 0.6) is 0 Å². The first-order chi connectivity index (χ1) is 13.1. The summed E-state index contributed by atoms with van der Waals surface area (Å²) in [7, 11) is -3.53. The van der Waals surface area contributed by atoms with Gasteiger partial charge in [0.15, 0.2) is 0 Å². The van der Waals surface area contributed by atoms with Gasteiger partial charge in [0.1, 0.15) is 5.60 Å². The van der Waals surface area contributed by atoms with Crippen molar-refractivity contribution in [2.75, 3.05) is 13.1 Å². The molecule has 0 unspecified atom stereocenters. The summed E-state index contributed by atoms with van der Waals surface area (Å²) in [4.78, 5) is 12.7. The fourth-order valence-corrected chi connectivity index (χ4v) is 4.45. The fraction of sp³-hybridized carbons (Fsp3) is 0.381. The highest BCUT2D eigenvalue weighted by Gasteiger charge is 2.28. The predicted molar refractivity (Wildman–Crippen MR) is 109 cm³/mol. The number of aryl methyl sites for hydroxylation is 1. The molecule has 0 saturated heterocycles. The minimum absolute atomic E-state index is 0.269. The van der Waals surface area contributed by atoms with E-state index in [1.165, 1.54) is 8.87 Å². The molecular weight excluding hydrogens is 376 g/mol. The number of benzene rings is 1. The summed E-state index contributed by atoms with van der Waals surface area (Å²) in [6.07, 6.45) is 3.62. The van der Waals surface area contributed by atoms with E-state index in [0.29, 0.717) is 17.9 Å². The maximum atomic E-state index is 12.8. The summed E-state index contributed by atoms with van der Waals surface area (Å²) in [5.74, 6) is 0. The number of rotatable bonds is 3. The highest BCUT2D eigenvalue weighted by atomic mass is 32.2. The normalized spacial score (nSPS) is 15.9. The van der Waals surface area contributed by atoms with E-state index in [9.17, 15) is 13.2 Å². The molecule has 0 bridgehead atoms. The first-order valence-corrected chi connectivity index (χ1v) is 10.7. The molecule has 28 heavy (non-hydrogen) atoms. The Bertz CT molecular complexity index is 996. The summed E-state index contributed by atoms with van der Waals surface area (Å²) in [6, 6.07) is 10.5. The molecule has 150 valence electrons.